The molecule has 0 saturated heterocycles. The lowest BCUT2D eigenvalue weighted by molar-refractivity contribution is 0.0596. The van der Waals surface area contributed by atoms with Crippen molar-refractivity contribution in [1.82, 2.24) is 0 Å². The van der Waals surface area contributed by atoms with E-state index in [9.17, 15) is 4.79 Å². The third kappa shape index (κ3) is 2.39. The lowest BCUT2D eigenvalue weighted by Crippen LogP contribution is -2.06. The molecule has 0 bridgehead atoms. The molecule has 0 aliphatic carbocycles. The average molecular weight is 245 g/mol. The molecule has 5 heteroatoms. The van der Waals surface area contributed by atoms with Gasteiger partial charge in [-0.15, -0.1) is 11.6 Å². The summed E-state index contributed by atoms with van der Waals surface area (Å²) < 4.78 is 14.9. The van der Waals surface area contributed by atoms with E-state index >= 15 is 0 Å². The first-order valence-corrected chi connectivity index (χ1v) is 5.10. The van der Waals surface area contributed by atoms with Crippen LogP contribution in [0.4, 0.5) is 0 Å². The predicted octanol–water partition coefficient (Wildman–Crippen LogP) is 2.23. The monoisotopic (exact) mass is 244 g/mol. The zero-order valence-corrected chi connectivity index (χ0v) is 10.1. The minimum atomic E-state index is -0.484. The van der Waals surface area contributed by atoms with Crippen molar-refractivity contribution in [3.05, 3.63) is 23.3 Å². The molecule has 0 heterocycles. The highest BCUT2D eigenvalue weighted by atomic mass is 35.5. The van der Waals surface area contributed by atoms with Crippen molar-refractivity contribution in [2.24, 2.45) is 0 Å². The Labute approximate surface area is 99.1 Å². The van der Waals surface area contributed by atoms with Gasteiger partial charge in [0.1, 0.15) is 17.1 Å². The molecule has 88 valence electrons. The Morgan fingerprint density at radius 1 is 1.25 bits per heavy atom. The predicted molar refractivity (Wildman–Crippen MR) is 60.4 cm³/mol. The number of ether oxygens (including phenoxy) is 3. The Kier molecular flexibility index (Phi) is 4.43. The quantitative estimate of drug-likeness (QED) is 0.602. The number of methoxy groups -OCH3 is 3. The highest BCUT2D eigenvalue weighted by Crippen LogP contribution is 2.31. The van der Waals surface area contributed by atoms with Crippen molar-refractivity contribution in [2.75, 3.05) is 21.3 Å². The number of carbonyl (C=O) groups is 1. The van der Waals surface area contributed by atoms with E-state index in [0.717, 1.165) is 0 Å². The lowest BCUT2D eigenvalue weighted by Gasteiger charge is -2.12. The SMILES string of the molecule is COC(=O)c1cc(OC)cc(CCl)c1OC. The summed E-state index contributed by atoms with van der Waals surface area (Å²) in [5.74, 6) is 0.700. The van der Waals surface area contributed by atoms with Crippen LogP contribution in [0.3, 0.4) is 0 Å². The molecule has 0 amide bonds. The Bertz CT molecular complexity index is 390. The summed E-state index contributed by atoms with van der Waals surface area (Å²) in [5.41, 5.74) is 0.990. The van der Waals surface area contributed by atoms with Crippen LogP contribution in [0.5, 0.6) is 11.5 Å². The summed E-state index contributed by atoms with van der Waals surface area (Å²) in [7, 11) is 4.30. The number of carbonyl (C=O) groups excluding carboxylic acids is 1. The van der Waals surface area contributed by atoms with Crippen LogP contribution >= 0.6 is 11.6 Å². The fourth-order valence-electron chi connectivity index (χ4n) is 1.38. The van der Waals surface area contributed by atoms with Crippen molar-refractivity contribution in [1.29, 1.82) is 0 Å². The Morgan fingerprint density at radius 3 is 2.38 bits per heavy atom. The van der Waals surface area contributed by atoms with E-state index in [0.29, 0.717) is 22.6 Å². The first kappa shape index (κ1) is 12.6. The maximum Gasteiger partial charge on any atom is 0.341 e. The second-order valence-corrected chi connectivity index (χ2v) is 3.26. The van der Waals surface area contributed by atoms with Crippen molar-refractivity contribution in [2.45, 2.75) is 5.88 Å². The minimum Gasteiger partial charge on any atom is -0.497 e. The van der Waals surface area contributed by atoms with E-state index in [4.69, 9.17) is 21.1 Å². The number of halogens is 1. The zero-order chi connectivity index (χ0) is 12.1. The molecule has 0 aromatic heterocycles. The van der Waals surface area contributed by atoms with Crippen LogP contribution in [0.15, 0.2) is 12.1 Å². The van der Waals surface area contributed by atoms with Gasteiger partial charge in [-0.3, -0.25) is 0 Å². The zero-order valence-electron chi connectivity index (χ0n) is 9.37. The number of hydrogen-bond donors (Lipinski definition) is 0. The van der Waals surface area contributed by atoms with Crippen LogP contribution in [0.2, 0.25) is 0 Å². The summed E-state index contributed by atoms with van der Waals surface area (Å²) >= 11 is 5.77. The standard InChI is InChI=1S/C11H13ClO4/c1-14-8-4-7(6-12)10(15-2)9(5-8)11(13)16-3/h4-5H,6H2,1-3H3. The van der Waals surface area contributed by atoms with Crippen LogP contribution in [0.25, 0.3) is 0 Å². The molecule has 0 aliphatic rings. The molecule has 0 saturated carbocycles. The Hall–Kier alpha value is -1.42. The first-order chi connectivity index (χ1) is 7.67. The van der Waals surface area contributed by atoms with Crippen LogP contribution < -0.4 is 9.47 Å². The van der Waals surface area contributed by atoms with E-state index in [1.54, 1.807) is 12.1 Å². The Balaban J connectivity index is 3.36. The van der Waals surface area contributed by atoms with Crippen LogP contribution in [0, 0.1) is 0 Å². The third-order valence-corrected chi connectivity index (χ3v) is 2.42. The molecule has 0 atom stereocenters. The molecule has 0 fully saturated rings. The van der Waals surface area contributed by atoms with Gasteiger partial charge in [0, 0.05) is 5.56 Å². The van der Waals surface area contributed by atoms with Gasteiger partial charge in [-0.2, -0.15) is 0 Å². The van der Waals surface area contributed by atoms with Gasteiger partial charge in [-0.05, 0) is 12.1 Å². The van der Waals surface area contributed by atoms with E-state index in [-0.39, 0.29) is 5.88 Å². The second-order valence-electron chi connectivity index (χ2n) is 2.99. The molecule has 0 radical (unpaired) electrons. The average Bonchev–Trinajstić information content (AvgIpc) is 2.35. The van der Waals surface area contributed by atoms with E-state index in [1.165, 1.54) is 21.3 Å². The Morgan fingerprint density at radius 2 is 1.94 bits per heavy atom. The maximum atomic E-state index is 11.5. The third-order valence-electron chi connectivity index (χ3n) is 2.13. The molecule has 0 N–H and O–H groups in total. The van der Waals surface area contributed by atoms with Gasteiger partial charge in [0.05, 0.1) is 27.2 Å². The minimum absolute atomic E-state index is 0.227. The van der Waals surface area contributed by atoms with Crippen LogP contribution in [-0.2, 0) is 10.6 Å². The van der Waals surface area contributed by atoms with E-state index in [1.807, 2.05) is 0 Å². The molecule has 0 spiro atoms. The molecule has 1 aromatic rings. The maximum absolute atomic E-state index is 11.5. The van der Waals surface area contributed by atoms with Crippen LogP contribution in [0.1, 0.15) is 15.9 Å². The fourth-order valence-corrected chi connectivity index (χ4v) is 1.58. The molecular formula is C11H13ClO4. The summed E-state index contributed by atoms with van der Waals surface area (Å²) in [6.45, 7) is 0. The van der Waals surface area contributed by atoms with Gasteiger partial charge >= 0.3 is 5.97 Å². The second kappa shape index (κ2) is 5.61. The summed E-state index contributed by atoms with van der Waals surface area (Å²) in [6, 6.07) is 3.28. The van der Waals surface area contributed by atoms with Gasteiger partial charge in [0.2, 0.25) is 0 Å². The van der Waals surface area contributed by atoms with Gasteiger partial charge in [-0.25, -0.2) is 4.79 Å². The number of rotatable bonds is 4. The molecule has 0 aliphatic heterocycles. The number of hydrogen-bond acceptors (Lipinski definition) is 4. The normalized spacial score (nSPS) is 9.75. The molecule has 4 nitrogen and oxygen atoms in total. The van der Waals surface area contributed by atoms with Gasteiger partial charge in [0.15, 0.2) is 0 Å². The highest BCUT2D eigenvalue weighted by molar-refractivity contribution is 6.17. The van der Waals surface area contributed by atoms with Gasteiger partial charge in [-0.1, -0.05) is 0 Å². The summed E-state index contributed by atoms with van der Waals surface area (Å²) in [5, 5.41) is 0. The number of benzene rings is 1. The first-order valence-electron chi connectivity index (χ1n) is 4.57. The molecule has 1 rings (SSSR count). The van der Waals surface area contributed by atoms with Gasteiger partial charge in [0.25, 0.3) is 0 Å². The van der Waals surface area contributed by atoms with E-state index < -0.39 is 5.97 Å². The summed E-state index contributed by atoms with van der Waals surface area (Å²) in [4.78, 5) is 11.5. The number of esters is 1. The van der Waals surface area contributed by atoms with Gasteiger partial charge < -0.3 is 14.2 Å². The number of alkyl halides is 1. The smallest absolute Gasteiger partial charge is 0.341 e. The van der Waals surface area contributed by atoms with Crippen molar-refractivity contribution < 1.29 is 19.0 Å². The van der Waals surface area contributed by atoms with Crippen molar-refractivity contribution >= 4 is 17.6 Å². The van der Waals surface area contributed by atoms with Crippen LogP contribution in [-0.4, -0.2) is 27.3 Å². The molecule has 1 aromatic carbocycles. The van der Waals surface area contributed by atoms with E-state index in [2.05, 4.69) is 4.74 Å². The molecular weight excluding hydrogens is 232 g/mol. The fraction of sp³-hybridized carbons (Fsp3) is 0.364. The topological polar surface area (TPSA) is 44.8 Å². The molecule has 0 unspecified atom stereocenters. The lowest BCUT2D eigenvalue weighted by atomic mass is 10.1. The largest absolute Gasteiger partial charge is 0.497 e. The van der Waals surface area contributed by atoms with Crippen molar-refractivity contribution in [3.63, 3.8) is 0 Å². The van der Waals surface area contributed by atoms with Crippen molar-refractivity contribution in [3.8, 4) is 11.5 Å². The molecule has 16 heavy (non-hydrogen) atoms. The highest BCUT2D eigenvalue weighted by Gasteiger charge is 2.18. The summed E-state index contributed by atoms with van der Waals surface area (Å²) in [6.07, 6.45) is 0.